The van der Waals surface area contributed by atoms with Gasteiger partial charge in [0.15, 0.2) is 0 Å². The van der Waals surface area contributed by atoms with Gasteiger partial charge in [0.05, 0.1) is 44.3 Å². The van der Waals surface area contributed by atoms with Crippen molar-refractivity contribution in [3.63, 3.8) is 0 Å². The van der Waals surface area contributed by atoms with Crippen molar-refractivity contribution in [2.24, 2.45) is 0 Å². The van der Waals surface area contributed by atoms with E-state index in [-0.39, 0.29) is 18.4 Å². The molecule has 9 heteroatoms. The molecule has 1 saturated heterocycles. The topological polar surface area (TPSA) is 84.4 Å². The number of nitrogens with zero attached hydrogens (tertiary/aromatic N) is 3. The highest BCUT2D eigenvalue weighted by molar-refractivity contribution is 7.17. The summed E-state index contributed by atoms with van der Waals surface area (Å²) in [6.45, 7) is 4.99. The van der Waals surface area contributed by atoms with E-state index in [1.807, 2.05) is 44.2 Å². The summed E-state index contributed by atoms with van der Waals surface area (Å²) < 4.78 is 6.64. The van der Waals surface area contributed by atoms with Crippen LogP contribution in [-0.4, -0.2) is 52.6 Å². The predicted octanol–water partition coefficient (Wildman–Crippen LogP) is 4.27. The molecule has 5 rings (SSSR count). The number of carbonyl (C=O) groups excluding carboxylic acids is 2. The van der Waals surface area contributed by atoms with Crippen molar-refractivity contribution in [2.45, 2.75) is 20.1 Å². The number of benzene rings is 2. The van der Waals surface area contributed by atoms with E-state index >= 15 is 0 Å². The Morgan fingerprint density at radius 3 is 2.91 bits per heavy atom. The van der Waals surface area contributed by atoms with Gasteiger partial charge in [0, 0.05) is 6.54 Å². The van der Waals surface area contributed by atoms with Gasteiger partial charge >= 0.3 is 0 Å². The number of thiazole rings is 2. The minimum Gasteiger partial charge on any atom is -0.355 e. The first-order chi connectivity index (χ1) is 16.0. The van der Waals surface area contributed by atoms with Gasteiger partial charge in [-0.1, -0.05) is 35.9 Å². The summed E-state index contributed by atoms with van der Waals surface area (Å²) in [6, 6.07) is 13.5. The monoisotopic (exact) mass is 478 g/mol. The normalized spacial score (nSPS) is 15.8. The van der Waals surface area contributed by atoms with E-state index in [0.717, 1.165) is 31.2 Å². The molecule has 1 fully saturated rings. The molecule has 1 aliphatic heterocycles. The van der Waals surface area contributed by atoms with Gasteiger partial charge in [-0.25, -0.2) is 9.97 Å². The minimum atomic E-state index is -0.547. The van der Waals surface area contributed by atoms with Crippen molar-refractivity contribution in [1.29, 1.82) is 0 Å². The van der Waals surface area contributed by atoms with Crippen LogP contribution in [-0.2, 0) is 4.74 Å². The Morgan fingerprint density at radius 1 is 1.21 bits per heavy atom. The molecule has 168 valence electrons. The lowest BCUT2D eigenvalue weighted by Gasteiger charge is -2.23. The molecule has 0 radical (unpaired) electrons. The Hall–Kier alpha value is -3.14. The molecule has 1 aliphatic rings. The standard InChI is InChI=1S/C24H22N4O3S2/c1-14-5-3-6-16(11-14)21-20(27-15(2)33-21)24(30)28-9-10-31-19(28)12-25-23(29)17-7-4-8-18-22(17)32-13-26-18/h3-8,11,13,19H,9-10,12H2,1-2H3,(H,25,29). The summed E-state index contributed by atoms with van der Waals surface area (Å²) in [6.07, 6.45) is -0.547. The van der Waals surface area contributed by atoms with Crippen LogP contribution in [0, 0.1) is 13.8 Å². The quantitative estimate of drug-likeness (QED) is 0.463. The Morgan fingerprint density at radius 2 is 2.06 bits per heavy atom. The van der Waals surface area contributed by atoms with Crippen LogP contribution in [0.1, 0.15) is 31.4 Å². The number of carbonyl (C=O) groups is 2. The smallest absolute Gasteiger partial charge is 0.276 e. The van der Waals surface area contributed by atoms with Crippen LogP contribution in [0.4, 0.5) is 0 Å². The van der Waals surface area contributed by atoms with Crippen molar-refractivity contribution in [3.8, 4) is 10.4 Å². The fourth-order valence-electron chi connectivity index (χ4n) is 3.95. The van der Waals surface area contributed by atoms with E-state index < -0.39 is 6.23 Å². The van der Waals surface area contributed by atoms with Crippen LogP contribution in [0.2, 0.25) is 0 Å². The molecule has 0 spiro atoms. The Kier molecular flexibility index (Phi) is 5.92. The first-order valence-electron chi connectivity index (χ1n) is 10.6. The molecule has 4 aromatic rings. The van der Waals surface area contributed by atoms with Crippen molar-refractivity contribution in [3.05, 3.63) is 69.8 Å². The van der Waals surface area contributed by atoms with Gasteiger partial charge in [-0.15, -0.1) is 22.7 Å². The molecule has 33 heavy (non-hydrogen) atoms. The number of ether oxygens (including phenoxy) is 1. The average Bonchev–Trinajstić information content (AvgIpc) is 3.55. The largest absolute Gasteiger partial charge is 0.355 e. The maximum Gasteiger partial charge on any atom is 0.276 e. The third-order valence-electron chi connectivity index (χ3n) is 5.51. The molecule has 2 aromatic carbocycles. The molecular weight excluding hydrogens is 456 g/mol. The van der Waals surface area contributed by atoms with Gasteiger partial charge in [-0.3, -0.25) is 9.59 Å². The molecule has 2 amide bonds. The second-order valence-corrected chi connectivity index (χ2v) is 9.88. The number of hydrogen-bond donors (Lipinski definition) is 1. The van der Waals surface area contributed by atoms with Gasteiger partial charge in [-0.2, -0.15) is 0 Å². The Labute approximate surface area is 199 Å². The molecule has 3 heterocycles. The van der Waals surface area contributed by atoms with Crippen molar-refractivity contribution >= 4 is 44.7 Å². The van der Waals surface area contributed by atoms with E-state index in [2.05, 4.69) is 21.4 Å². The number of hydrogen-bond acceptors (Lipinski definition) is 7. The van der Waals surface area contributed by atoms with E-state index in [4.69, 9.17) is 4.74 Å². The van der Waals surface area contributed by atoms with Crippen LogP contribution < -0.4 is 5.32 Å². The number of nitrogens with one attached hydrogen (secondary N) is 1. The number of aryl methyl sites for hydroxylation is 2. The van der Waals surface area contributed by atoms with Gasteiger partial charge in [0.1, 0.15) is 11.9 Å². The lowest BCUT2D eigenvalue weighted by molar-refractivity contribution is 0.0277. The van der Waals surface area contributed by atoms with E-state index in [1.165, 1.54) is 22.7 Å². The third kappa shape index (κ3) is 4.27. The van der Waals surface area contributed by atoms with E-state index in [0.29, 0.717) is 24.4 Å². The van der Waals surface area contributed by atoms with Crippen LogP contribution in [0.5, 0.6) is 0 Å². The maximum atomic E-state index is 13.5. The van der Waals surface area contributed by atoms with Crippen LogP contribution in [0.15, 0.2) is 48.0 Å². The summed E-state index contributed by atoms with van der Waals surface area (Å²) in [4.78, 5) is 37.6. The zero-order valence-corrected chi connectivity index (χ0v) is 19.8. The van der Waals surface area contributed by atoms with Gasteiger partial charge in [-0.05, 0) is 31.5 Å². The predicted molar refractivity (Wildman–Crippen MR) is 130 cm³/mol. The van der Waals surface area contributed by atoms with Crippen LogP contribution in [0.25, 0.3) is 20.7 Å². The summed E-state index contributed by atoms with van der Waals surface area (Å²) in [5.74, 6) is -0.394. The molecule has 2 aromatic heterocycles. The highest BCUT2D eigenvalue weighted by atomic mass is 32.1. The van der Waals surface area contributed by atoms with Crippen molar-refractivity contribution in [2.75, 3.05) is 19.7 Å². The molecule has 0 bridgehead atoms. The van der Waals surface area contributed by atoms with Crippen molar-refractivity contribution in [1.82, 2.24) is 20.2 Å². The fraction of sp³-hybridized carbons (Fsp3) is 0.250. The number of amides is 2. The highest BCUT2D eigenvalue weighted by Gasteiger charge is 2.33. The van der Waals surface area contributed by atoms with E-state index in [9.17, 15) is 9.59 Å². The maximum absolute atomic E-state index is 13.5. The average molecular weight is 479 g/mol. The molecular formula is C24H22N4O3S2. The Balaban J connectivity index is 1.34. The van der Waals surface area contributed by atoms with Crippen LogP contribution in [0.3, 0.4) is 0 Å². The number of aromatic nitrogens is 2. The third-order valence-corrected chi connectivity index (χ3v) is 7.40. The first kappa shape index (κ1) is 21.7. The van der Waals surface area contributed by atoms with Gasteiger partial charge in [0.2, 0.25) is 0 Å². The molecule has 1 atom stereocenters. The Bertz CT molecular complexity index is 1350. The van der Waals surface area contributed by atoms with Crippen LogP contribution >= 0.6 is 22.7 Å². The highest BCUT2D eigenvalue weighted by Crippen LogP contribution is 2.32. The lowest BCUT2D eigenvalue weighted by atomic mass is 10.1. The SMILES string of the molecule is Cc1cccc(-c2sc(C)nc2C(=O)N2CCOC2CNC(=O)c2cccc3ncsc23)c1. The van der Waals surface area contributed by atoms with E-state index in [1.54, 1.807) is 16.5 Å². The second kappa shape index (κ2) is 9.01. The molecule has 0 aliphatic carbocycles. The summed E-state index contributed by atoms with van der Waals surface area (Å²) in [7, 11) is 0. The summed E-state index contributed by atoms with van der Waals surface area (Å²) in [5, 5.41) is 3.75. The fourth-order valence-corrected chi connectivity index (χ4v) is 5.66. The zero-order valence-electron chi connectivity index (χ0n) is 18.2. The lowest BCUT2D eigenvalue weighted by Crippen LogP contribution is -2.44. The van der Waals surface area contributed by atoms with Crippen molar-refractivity contribution < 1.29 is 14.3 Å². The first-order valence-corrected chi connectivity index (χ1v) is 12.3. The molecule has 0 saturated carbocycles. The summed E-state index contributed by atoms with van der Waals surface area (Å²) >= 11 is 2.94. The zero-order chi connectivity index (χ0) is 22.9. The number of fused-ring (bicyclic) bond motifs is 1. The number of rotatable bonds is 5. The second-order valence-electron chi connectivity index (χ2n) is 7.82. The van der Waals surface area contributed by atoms with Gasteiger partial charge in [0.25, 0.3) is 11.8 Å². The minimum absolute atomic E-state index is 0.183. The van der Waals surface area contributed by atoms with Gasteiger partial charge < -0.3 is 15.0 Å². The molecule has 1 N–H and O–H groups in total. The summed E-state index contributed by atoms with van der Waals surface area (Å²) in [5.41, 5.74) is 5.62. The molecule has 7 nitrogen and oxygen atoms in total. The molecule has 1 unspecified atom stereocenters.